The third-order valence-corrected chi connectivity index (χ3v) is 6.65. The average Bonchev–Trinajstić information content (AvgIpc) is 3.10. The van der Waals surface area contributed by atoms with Crippen molar-refractivity contribution in [3.8, 4) is 0 Å². The van der Waals surface area contributed by atoms with Gasteiger partial charge in [0.05, 0.1) is 0 Å². The Bertz CT molecular complexity index is 533. The number of aryl methyl sites for hydroxylation is 1. The molecule has 1 aromatic rings. The summed E-state index contributed by atoms with van der Waals surface area (Å²) in [6, 6.07) is 0.589. The van der Waals surface area contributed by atoms with Crippen molar-refractivity contribution in [1.29, 1.82) is 0 Å². The van der Waals surface area contributed by atoms with E-state index in [-0.39, 0.29) is 0 Å². The molecule has 0 aromatic carbocycles. The minimum atomic E-state index is -3.34. The number of rotatable bonds is 7. The van der Waals surface area contributed by atoms with Gasteiger partial charge in [-0.05, 0) is 37.1 Å². The second kappa shape index (κ2) is 5.91. The number of hydrogen-bond donors (Lipinski definition) is 1. The number of nitrogens with zero attached hydrogens (tertiary/aromatic N) is 1. The zero-order chi connectivity index (χ0) is 14.0. The minimum absolute atomic E-state index is 0.515. The highest BCUT2D eigenvalue weighted by molar-refractivity contribution is 7.89. The van der Waals surface area contributed by atoms with E-state index in [9.17, 15) is 8.42 Å². The molecule has 0 radical (unpaired) electrons. The molecule has 0 amide bonds. The average molecular weight is 302 g/mol. The van der Waals surface area contributed by atoms with Gasteiger partial charge in [0.15, 0.2) is 0 Å². The predicted molar refractivity (Wildman–Crippen MR) is 79.0 cm³/mol. The lowest BCUT2D eigenvalue weighted by Gasteiger charge is -2.17. The lowest BCUT2D eigenvalue weighted by molar-refractivity contribution is 0.467. The third kappa shape index (κ3) is 3.37. The fourth-order valence-electron chi connectivity index (χ4n) is 2.07. The number of hydrogen-bond acceptors (Lipinski definition) is 4. The summed E-state index contributed by atoms with van der Waals surface area (Å²) in [5, 5.41) is 5.34. The number of thiophene rings is 1. The Morgan fingerprint density at radius 3 is 2.74 bits per heavy atom. The van der Waals surface area contributed by atoms with Crippen molar-refractivity contribution in [2.24, 2.45) is 0 Å². The van der Waals surface area contributed by atoms with Crippen molar-refractivity contribution >= 4 is 21.4 Å². The van der Waals surface area contributed by atoms with Crippen LogP contribution in [0.2, 0.25) is 0 Å². The van der Waals surface area contributed by atoms with E-state index >= 15 is 0 Å². The summed E-state index contributed by atoms with van der Waals surface area (Å²) in [4.78, 5) is 1.45. The Kier molecular flexibility index (Phi) is 4.66. The van der Waals surface area contributed by atoms with Gasteiger partial charge >= 0.3 is 0 Å². The molecule has 19 heavy (non-hydrogen) atoms. The first kappa shape index (κ1) is 15.0. The molecule has 1 aliphatic rings. The minimum Gasteiger partial charge on any atom is -0.309 e. The molecular weight excluding hydrogens is 280 g/mol. The monoisotopic (exact) mass is 302 g/mol. The Hall–Kier alpha value is -0.430. The predicted octanol–water partition coefficient (Wildman–Crippen LogP) is 2.34. The SMILES string of the molecule is CCCN(C)S(=O)(=O)c1c(C)csc1CNC1CC1. The first-order valence-electron chi connectivity index (χ1n) is 6.73. The van der Waals surface area contributed by atoms with Crippen LogP contribution in [0.15, 0.2) is 10.3 Å². The molecule has 0 atom stereocenters. The van der Waals surface area contributed by atoms with Crippen LogP contribution in [0.4, 0.5) is 0 Å². The molecular formula is C13H22N2O2S2. The summed E-state index contributed by atoms with van der Waals surface area (Å²) in [6.07, 6.45) is 3.25. The molecule has 0 saturated heterocycles. The maximum Gasteiger partial charge on any atom is 0.244 e. The molecule has 1 N–H and O–H groups in total. The van der Waals surface area contributed by atoms with E-state index in [0.717, 1.165) is 16.9 Å². The largest absolute Gasteiger partial charge is 0.309 e. The van der Waals surface area contributed by atoms with E-state index in [2.05, 4.69) is 5.32 Å². The van der Waals surface area contributed by atoms with E-state index in [1.54, 1.807) is 7.05 Å². The summed E-state index contributed by atoms with van der Waals surface area (Å²) < 4.78 is 26.6. The van der Waals surface area contributed by atoms with Gasteiger partial charge < -0.3 is 5.32 Å². The molecule has 0 aliphatic heterocycles. The second-order valence-electron chi connectivity index (χ2n) is 5.15. The van der Waals surface area contributed by atoms with Crippen molar-refractivity contribution in [1.82, 2.24) is 9.62 Å². The number of sulfonamides is 1. The van der Waals surface area contributed by atoms with Crippen LogP contribution in [-0.4, -0.2) is 32.4 Å². The second-order valence-corrected chi connectivity index (χ2v) is 8.10. The smallest absolute Gasteiger partial charge is 0.244 e. The zero-order valence-corrected chi connectivity index (χ0v) is 13.4. The molecule has 0 bridgehead atoms. The Morgan fingerprint density at radius 2 is 2.16 bits per heavy atom. The quantitative estimate of drug-likeness (QED) is 0.841. The molecule has 1 heterocycles. The summed E-state index contributed by atoms with van der Waals surface area (Å²) in [7, 11) is -1.68. The highest BCUT2D eigenvalue weighted by atomic mass is 32.2. The van der Waals surface area contributed by atoms with Crippen LogP contribution < -0.4 is 5.32 Å². The highest BCUT2D eigenvalue weighted by Crippen LogP contribution is 2.30. The van der Waals surface area contributed by atoms with Gasteiger partial charge in [-0.25, -0.2) is 12.7 Å². The molecule has 1 fully saturated rings. The van der Waals surface area contributed by atoms with Crippen LogP contribution in [0.3, 0.4) is 0 Å². The van der Waals surface area contributed by atoms with Crippen molar-refractivity contribution in [2.75, 3.05) is 13.6 Å². The van der Waals surface area contributed by atoms with Crippen molar-refractivity contribution in [3.63, 3.8) is 0 Å². The molecule has 1 saturated carbocycles. The van der Waals surface area contributed by atoms with Crippen LogP contribution in [0.5, 0.6) is 0 Å². The Balaban J connectivity index is 2.23. The van der Waals surface area contributed by atoms with E-state index < -0.39 is 10.0 Å². The van der Waals surface area contributed by atoms with Gasteiger partial charge in [-0.1, -0.05) is 6.92 Å². The van der Waals surface area contributed by atoms with Gasteiger partial charge in [-0.2, -0.15) is 0 Å². The number of nitrogens with one attached hydrogen (secondary N) is 1. The van der Waals surface area contributed by atoms with Gasteiger partial charge in [0.25, 0.3) is 0 Å². The lowest BCUT2D eigenvalue weighted by Crippen LogP contribution is -2.29. The zero-order valence-electron chi connectivity index (χ0n) is 11.8. The fourth-order valence-corrected chi connectivity index (χ4v) is 5.04. The van der Waals surface area contributed by atoms with Gasteiger partial charge in [0, 0.05) is 31.1 Å². The summed E-state index contributed by atoms with van der Waals surface area (Å²) >= 11 is 1.54. The lowest BCUT2D eigenvalue weighted by atomic mass is 10.3. The first-order chi connectivity index (χ1) is 8.96. The molecule has 1 aromatic heterocycles. The van der Waals surface area contributed by atoms with Gasteiger partial charge in [-0.15, -0.1) is 11.3 Å². The van der Waals surface area contributed by atoms with Crippen LogP contribution >= 0.6 is 11.3 Å². The topological polar surface area (TPSA) is 49.4 Å². The van der Waals surface area contributed by atoms with E-state index in [1.165, 1.54) is 28.5 Å². The van der Waals surface area contributed by atoms with E-state index in [1.807, 2.05) is 19.2 Å². The van der Waals surface area contributed by atoms with Gasteiger partial charge in [0.2, 0.25) is 10.0 Å². The van der Waals surface area contributed by atoms with Crippen molar-refractivity contribution in [3.05, 3.63) is 15.8 Å². The standard InChI is InChI=1S/C13H22N2O2S2/c1-4-7-15(3)19(16,17)13-10(2)9-18-12(13)8-14-11-5-6-11/h9,11,14H,4-8H2,1-3H3. The van der Waals surface area contributed by atoms with Crippen LogP contribution in [0.1, 0.15) is 36.6 Å². The molecule has 108 valence electrons. The van der Waals surface area contributed by atoms with Crippen molar-refractivity contribution in [2.45, 2.75) is 50.6 Å². The molecule has 0 unspecified atom stereocenters. The fraction of sp³-hybridized carbons (Fsp3) is 0.692. The Morgan fingerprint density at radius 1 is 1.47 bits per heavy atom. The van der Waals surface area contributed by atoms with Crippen LogP contribution in [0.25, 0.3) is 0 Å². The van der Waals surface area contributed by atoms with Crippen LogP contribution in [0, 0.1) is 6.92 Å². The molecule has 0 spiro atoms. The third-order valence-electron chi connectivity index (χ3n) is 3.32. The summed E-state index contributed by atoms with van der Waals surface area (Å²) in [5.74, 6) is 0. The molecule has 4 nitrogen and oxygen atoms in total. The maximum absolute atomic E-state index is 12.6. The summed E-state index contributed by atoms with van der Waals surface area (Å²) in [6.45, 7) is 5.09. The van der Waals surface area contributed by atoms with E-state index in [0.29, 0.717) is 24.0 Å². The molecule has 2 rings (SSSR count). The van der Waals surface area contributed by atoms with Gasteiger partial charge in [-0.3, -0.25) is 0 Å². The first-order valence-corrected chi connectivity index (χ1v) is 9.05. The van der Waals surface area contributed by atoms with Crippen molar-refractivity contribution < 1.29 is 8.42 Å². The Labute approximate surface area is 119 Å². The molecule has 1 aliphatic carbocycles. The van der Waals surface area contributed by atoms with Gasteiger partial charge in [0.1, 0.15) is 4.90 Å². The normalized spacial score (nSPS) is 16.2. The summed E-state index contributed by atoms with van der Waals surface area (Å²) in [5.41, 5.74) is 0.862. The maximum atomic E-state index is 12.6. The van der Waals surface area contributed by atoms with Crippen LogP contribution in [-0.2, 0) is 16.6 Å². The highest BCUT2D eigenvalue weighted by Gasteiger charge is 2.28. The van der Waals surface area contributed by atoms with E-state index in [4.69, 9.17) is 0 Å². The molecule has 6 heteroatoms.